The largest absolute Gasteiger partial charge is 0.266 e. The van der Waals surface area contributed by atoms with E-state index < -0.39 is 0 Å². The average molecular weight is 227 g/mol. The van der Waals surface area contributed by atoms with Gasteiger partial charge < -0.3 is 0 Å². The molecule has 0 bridgehead atoms. The first-order valence-corrected chi connectivity index (χ1v) is 6.39. The van der Waals surface area contributed by atoms with Crippen LogP contribution in [0.3, 0.4) is 0 Å². The highest BCUT2D eigenvalue weighted by molar-refractivity contribution is 6.17. The van der Waals surface area contributed by atoms with Crippen molar-refractivity contribution < 1.29 is 0 Å². The summed E-state index contributed by atoms with van der Waals surface area (Å²) in [6.45, 7) is 4.44. The molecule has 0 aliphatic heterocycles. The van der Waals surface area contributed by atoms with Crippen LogP contribution in [0.15, 0.2) is 6.20 Å². The predicted octanol–water partition coefficient (Wildman–Crippen LogP) is 3.86. The molecule has 0 N–H and O–H groups in total. The van der Waals surface area contributed by atoms with Gasteiger partial charge in [-0.05, 0) is 18.8 Å². The zero-order valence-electron chi connectivity index (χ0n) is 9.54. The molecule has 0 spiro atoms. The van der Waals surface area contributed by atoms with Gasteiger partial charge in [0, 0.05) is 11.3 Å². The van der Waals surface area contributed by atoms with Gasteiger partial charge in [-0.1, -0.05) is 26.7 Å². The second-order valence-electron chi connectivity index (χ2n) is 4.73. The Balaban J connectivity index is 2.33. The van der Waals surface area contributed by atoms with Crippen LogP contribution >= 0.6 is 11.6 Å². The molecule has 0 atom stereocenters. The lowest BCUT2D eigenvalue weighted by atomic mass is 10.1. The molecule has 84 valence electrons. The van der Waals surface area contributed by atoms with Gasteiger partial charge >= 0.3 is 0 Å². The fourth-order valence-corrected chi connectivity index (χ4v) is 2.79. The van der Waals surface area contributed by atoms with Crippen LogP contribution in [0.4, 0.5) is 0 Å². The van der Waals surface area contributed by atoms with Crippen molar-refractivity contribution in [3.8, 4) is 0 Å². The molecule has 3 heteroatoms. The van der Waals surface area contributed by atoms with Crippen LogP contribution in [0.5, 0.6) is 0 Å². The summed E-state index contributed by atoms with van der Waals surface area (Å²) in [5.41, 5.74) is 2.55. The van der Waals surface area contributed by atoms with Gasteiger partial charge in [-0.15, -0.1) is 11.6 Å². The van der Waals surface area contributed by atoms with Crippen LogP contribution in [0.2, 0.25) is 0 Å². The van der Waals surface area contributed by atoms with Crippen molar-refractivity contribution in [3.05, 3.63) is 17.5 Å². The Hall–Kier alpha value is -0.500. The maximum atomic E-state index is 5.94. The molecule has 0 amide bonds. The van der Waals surface area contributed by atoms with E-state index >= 15 is 0 Å². The standard InChI is InChI=1S/C12H19ClN2/c1-9(2)12-10(7-13)8-14-15(12)11-5-3-4-6-11/h8-9,11H,3-7H2,1-2H3. The molecular formula is C12H19ClN2. The highest BCUT2D eigenvalue weighted by Crippen LogP contribution is 2.33. The zero-order chi connectivity index (χ0) is 10.8. The molecule has 1 heterocycles. The summed E-state index contributed by atoms with van der Waals surface area (Å²) >= 11 is 5.94. The third-order valence-electron chi connectivity index (χ3n) is 3.28. The second-order valence-corrected chi connectivity index (χ2v) is 4.99. The van der Waals surface area contributed by atoms with Gasteiger partial charge in [0.05, 0.1) is 18.1 Å². The van der Waals surface area contributed by atoms with Gasteiger partial charge in [-0.2, -0.15) is 5.10 Å². The van der Waals surface area contributed by atoms with Gasteiger partial charge in [0.2, 0.25) is 0 Å². The molecule has 0 radical (unpaired) electrons. The SMILES string of the molecule is CC(C)c1c(CCl)cnn1C1CCCC1. The number of aromatic nitrogens is 2. The molecule has 1 aromatic heterocycles. The van der Waals surface area contributed by atoms with Crippen molar-refractivity contribution in [2.24, 2.45) is 0 Å². The topological polar surface area (TPSA) is 17.8 Å². The summed E-state index contributed by atoms with van der Waals surface area (Å²) in [5, 5.41) is 4.52. The van der Waals surface area contributed by atoms with Gasteiger partial charge in [0.25, 0.3) is 0 Å². The zero-order valence-corrected chi connectivity index (χ0v) is 10.3. The van der Waals surface area contributed by atoms with E-state index in [0.717, 1.165) is 0 Å². The number of halogens is 1. The molecule has 1 aliphatic rings. The second kappa shape index (κ2) is 4.56. The highest BCUT2D eigenvalue weighted by Gasteiger charge is 2.22. The molecule has 1 aliphatic carbocycles. The fourth-order valence-electron chi connectivity index (χ4n) is 2.59. The van der Waals surface area contributed by atoms with E-state index in [-0.39, 0.29) is 0 Å². The normalized spacial score (nSPS) is 17.9. The third kappa shape index (κ3) is 2.05. The fraction of sp³-hybridized carbons (Fsp3) is 0.750. The quantitative estimate of drug-likeness (QED) is 0.716. The average Bonchev–Trinajstić information content (AvgIpc) is 2.85. The van der Waals surface area contributed by atoms with Gasteiger partial charge in [0.15, 0.2) is 0 Å². The molecule has 2 nitrogen and oxygen atoms in total. The van der Waals surface area contributed by atoms with Crippen LogP contribution in [0.25, 0.3) is 0 Å². The van der Waals surface area contributed by atoms with Crippen molar-refractivity contribution in [1.82, 2.24) is 9.78 Å². The first-order chi connectivity index (χ1) is 7.24. The molecule has 2 rings (SSSR count). The minimum absolute atomic E-state index is 0.516. The van der Waals surface area contributed by atoms with Crippen molar-refractivity contribution in [2.75, 3.05) is 0 Å². The molecule has 15 heavy (non-hydrogen) atoms. The van der Waals surface area contributed by atoms with E-state index in [2.05, 4.69) is 23.6 Å². The minimum atomic E-state index is 0.516. The number of alkyl halides is 1. The summed E-state index contributed by atoms with van der Waals surface area (Å²) in [5.74, 6) is 1.10. The summed E-state index contributed by atoms with van der Waals surface area (Å²) in [6.07, 6.45) is 7.20. The lowest BCUT2D eigenvalue weighted by Crippen LogP contribution is -2.12. The number of rotatable bonds is 3. The van der Waals surface area contributed by atoms with Crippen LogP contribution in [0, 0.1) is 0 Å². The van der Waals surface area contributed by atoms with E-state index in [1.807, 2.05) is 6.20 Å². The molecule has 1 aromatic rings. The van der Waals surface area contributed by atoms with Crippen LogP contribution in [-0.4, -0.2) is 9.78 Å². The monoisotopic (exact) mass is 226 g/mol. The van der Waals surface area contributed by atoms with Crippen LogP contribution in [0.1, 0.15) is 62.7 Å². The Morgan fingerprint density at radius 1 is 1.47 bits per heavy atom. The maximum absolute atomic E-state index is 5.94. The van der Waals surface area contributed by atoms with Gasteiger partial charge in [0.1, 0.15) is 0 Å². The minimum Gasteiger partial charge on any atom is -0.266 e. The van der Waals surface area contributed by atoms with Crippen molar-refractivity contribution >= 4 is 11.6 Å². The van der Waals surface area contributed by atoms with E-state index in [9.17, 15) is 0 Å². The van der Waals surface area contributed by atoms with Crippen molar-refractivity contribution in [2.45, 2.75) is 57.4 Å². The molecular weight excluding hydrogens is 208 g/mol. The van der Waals surface area contributed by atoms with Crippen molar-refractivity contribution in [1.29, 1.82) is 0 Å². The van der Waals surface area contributed by atoms with Crippen LogP contribution in [-0.2, 0) is 5.88 Å². The predicted molar refractivity (Wildman–Crippen MR) is 63.4 cm³/mol. The number of nitrogens with zero attached hydrogens (tertiary/aromatic N) is 2. The molecule has 1 saturated carbocycles. The maximum Gasteiger partial charge on any atom is 0.0537 e. The Kier molecular flexibility index (Phi) is 3.35. The smallest absolute Gasteiger partial charge is 0.0537 e. The number of hydrogen-bond donors (Lipinski definition) is 0. The van der Waals surface area contributed by atoms with Gasteiger partial charge in [-0.3, -0.25) is 4.68 Å². The summed E-state index contributed by atoms with van der Waals surface area (Å²) in [7, 11) is 0. The van der Waals surface area contributed by atoms with Gasteiger partial charge in [-0.25, -0.2) is 0 Å². The van der Waals surface area contributed by atoms with Crippen LogP contribution < -0.4 is 0 Å². The number of hydrogen-bond acceptors (Lipinski definition) is 1. The van der Waals surface area contributed by atoms with Crippen molar-refractivity contribution in [3.63, 3.8) is 0 Å². The Morgan fingerprint density at radius 2 is 2.13 bits per heavy atom. The van der Waals surface area contributed by atoms with E-state index in [4.69, 9.17) is 11.6 Å². The third-order valence-corrected chi connectivity index (χ3v) is 3.56. The van der Waals surface area contributed by atoms with E-state index in [1.54, 1.807) is 0 Å². The Labute approximate surface area is 96.6 Å². The first-order valence-electron chi connectivity index (χ1n) is 5.86. The summed E-state index contributed by atoms with van der Waals surface area (Å²) in [6, 6.07) is 0.624. The van der Waals surface area contributed by atoms with E-state index in [0.29, 0.717) is 17.8 Å². The lowest BCUT2D eigenvalue weighted by molar-refractivity contribution is 0.441. The highest BCUT2D eigenvalue weighted by atomic mass is 35.5. The Bertz CT molecular complexity index is 324. The molecule has 0 saturated heterocycles. The Morgan fingerprint density at radius 3 is 2.67 bits per heavy atom. The molecule has 0 unspecified atom stereocenters. The molecule has 1 fully saturated rings. The summed E-state index contributed by atoms with van der Waals surface area (Å²) in [4.78, 5) is 0. The van der Waals surface area contributed by atoms with E-state index in [1.165, 1.54) is 36.9 Å². The summed E-state index contributed by atoms with van der Waals surface area (Å²) < 4.78 is 2.23. The molecule has 0 aromatic carbocycles. The lowest BCUT2D eigenvalue weighted by Gasteiger charge is -2.17. The first kappa shape index (κ1) is 11.0.